The highest BCUT2D eigenvalue weighted by atomic mass is 16.3. The van der Waals surface area contributed by atoms with Crippen molar-refractivity contribution in [2.24, 2.45) is 16.7 Å². The van der Waals surface area contributed by atoms with Gasteiger partial charge in [-0.3, -0.25) is 0 Å². The van der Waals surface area contributed by atoms with Crippen LogP contribution >= 0.6 is 0 Å². The van der Waals surface area contributed by atoms with Crippen LogP contribution in [0.25, 0.3) is 0 Å². The molecular formula is C15H29NO. The van der Waals surface area contributed by atoms with Crippen LogP contribution in [-0.4, -0.2) is 23.3 Å². The van der Waals surface area contributed by atoms with Gasteiger partial charge in [-0.1, -0.05) is 34.6 Å². The quantitative estimate of drug-likeness (QED) is 0.790. The summed E-state index contributed by atoms with van der Waals surface area (Å²) in [6.07, 6.45) is 4.61. The smallest absolute Gasteiger partial charge is 0.0754 e. The molecule has 0 unspecified atom stereocenters. The van der Waals surface area contributed by atoms with Crippen LogP contribution in [0.15, 0.2) is 0 Å². The highest BCUT2D eigenvalue weighted by molar-refractivity contribution is 5.17. The summed E-state index contributed by atoms with van der Waals surface area (Å²) in [6.45, 7) is 11.4. The Morgan fingerprint density at radius 2 is 1.82 bits per heavy atom. The fourth-order valence-electron chi connectivity index (χ4n) is 4.34. The van der Waals surface area contributed by atoms with Gasteiger partial charge in [0.05, 0.1) is 6.10 Å². The predicted octanol–water partition coefficient (Wildman–Crippen LogP) is 2.95. The van der Waals surface area contributed by atoms with Gasteiger partial charge in [-0.2, -0.15) is 0 Å². The van der Waals surface area contributed by atoms with Crippen LogP contribution in [0, 0.1) is 16.7 Å². The molecule has 2 aliphatic carbocycles. The van der Waals surface area contributed by atoms with E-state index in [-0.39, 0.29) is 16.9 Å². The monoisotopic (exact) mass is 239 g/mol. The summed E-state index contributed by atoms with van der Waals surface area (Å²) in [5.74, 6) is 0.642. The van der Waals surface area contributed by atoms with E-state index < -0.39 is 0 Å². The van der Waals surface area contributed by atoms with Gasteiger partial charge in [-0.05, 0) is 37.0 Å². The van der Waals surface area contributed by atoms with E-state index in [1.807, 2.05) is 0 Å². The van der Waals surface area contributed by atoms with E-state index >= 15 is 0 Å². The summed E-state index contributed by atoms with van der Waals surface area (Å²) in [7, 11) is 0. The van der Waals surface area contributed by atoms with Crippen LogP contribution in [0.5, 0.6) is 0 Å². The van der Waals surface area contributed by atoms with Gasteiger partial charge in [0.25, 0.3) is 0 Å². The molecule has 100 valence electrons. The number of fused-ring (bicyclic) bond motifs is 2. The van der Waals surface area contributed by atoms with Crippen molar-refractivity contribution < 1.29 is 5.11 Å². The molecule has 0 amide bonds. The van der Waals surface area contributed by atoms with Gasteiger partial charge in [0.15, 0.2) is 0 Å². The molecule has 2 aliphatic rings. The zero-order chi connectivity index (χ0) is 12.8. The fourth-order valence-corrected chi connectivity index (χ4v) is 4.34. The third-order valence-corrected chi connectivity index (χ3v) is 6.21. The maximum Gasteiger partial charge on any atom is 0.0754 e. The Morgan fingerprint density at radius 1 is 1.24 bits per heavy atom. The Morgan fingerprint density at radius 3 is 2.24 bits per heavy atom. The molecule has 2 bridgehead atoms. The van der Waals surface area contributed by atoms with Gasteiger partial charge < -0.3 is 10.4 Å². The summed E-state index contributed by atoms with van der Waals surface area (Å²) in [5, 5.41) is 14.4. The molecule has 0 aromatic carbocycles. The lowest BCUT2D eigenvalue weighted by atomic mass is 9.70. The van der Waals surface area contributed by atoms with Gasteiger partial charge in [0, 0.05) is 17.5 Å². The van der Waals surface area contributed by atoms with Crippen molar-refractivity contribution in [2.75, 3.05) is 0 Å². The maximum absolute atomic E-state index is 10.7. The second-order valence-electron chi connectivity index (χ2n) is 6.94. The largest absolute Gasteiger partial charge is 0.391 e. The van der Waals surface area contributed by atoms with Crippen molar-refractivity contribution in [3.8, 4) is 0 Å². The molecule has 0 aliphatic heterocycles. The molecule has 0 radical (unpaired) electrons. The Kier molecular flexibility index (Phi) is 3.33. The first-order valence-corrected chi connectivity index (χ1v) is 7.32. The number of aliphatic hydroxyl groups is 1. The molecule has 2 rings (SSSR count). The SMILES string of the molecule is CCC(CC)N[C@H]1[C@H]2CC[C@@](C)([C@H]1O)C2(C)C. The predicted molar refractivity (Wildman–Crippen MR) is 71.9 cm³/mol. The Balaban J connectivity index is 2.17. The zero-order valence-electron chi connectivity index (χ0n) is 12.1. The van der Waals surface area contributed by atoms with E-state index in [4.69, 9.17) is 0 Å². The molecule has 2 fully saturated rings. The van der Waals surface area contributed by atoms with Crippen molar-refractivity contribution in [1.82, 2.24) is 5.32 Å². The molecule has 17 heavy (non-hydrogen) atoms. The van der Waals surface area contributed by atoms with Gasteiger partial charge in [-0.25, -0.2) is 0 Å². The molecule has 4 atom stereocenters. The van der Waals surface area contributed by atoms with E-state index in [2.05, 4.69) is 39.9 Å². The molecule has 0 aromatic rings. The topological polar surface area (TPSA) is 32.3 Å². The van der Waals surface area contributed by atoms with Crippen LogP contribution in [0.4, 0.5) is 0 Å². The average molecular weight is 239 g/mol. The van der Waals surface area contributed by atoms with Gasteiger partial charge in [0.2, 0.25) is 0 Å². The number of hydrogen-bond acceptors (Lipinski definition) is 2. The van der Waals surface area contributed by atoms with E-state index in [1.165, 1.54) is 12.8 Å². The molecule has 0 heterocycles. The van der Waals surface area contributed by atoms with Crippen LogP contribution in [0.2, 0.25) is 0 Å². The van der Waals surface area contributed by atoms with E-state index in [0.29, 0.717) is 18.0 Å². The molecule has 2 nitrogen and oxygen atoms in total. The lowest BCUT2D eigenvalue weighted by molar-refractivity contribution is -0.00193. The van der Waals surface area contributed by atoms with Crippen molar-refractivity contribution in [3.05, 3.63) is 0 Å². The van der Waals surface area contributed by atoms with Crippen molar-refractivity contribution in [3.63, 3.8) is 0 Å². The molecule has 2 heteroatoms. The summed E-state index contributed by atoms with van der Waals surface area (Å²) in [4.78, 5) is 0. The summed E-state index contributed by atoms with van der Waals surface area (Å²) in [6, 6.07) is 0.877. The second kappa shape index (κ2) is 4.24. The molecule has 2 saturated carbocycles. The number of hydrogen-bond donors (Lipinski definition) is 2. The molecule has 0 spiro atoms. The second-order valence-corrected chi connectivity index (χ2v) is 6.94. The molecule has 0 saturated heterocycles. The third kappa shape index (κ3) is 1.67. The van der Waals surface area contributed by atoms with Crippen LogP contribution < -0.4 is 5.32 Å². The number of rotatable bonds is 4. The first-order chi connectivity index (χ1) is 7.88. The third-order valence-electron chi connectivity index (χ3n) is 6.21. The lowest BCUT2D eigenvalue weighted by Gasteiger charge is -2.37. The minimum absolute atomic E-state index is 0.112. The average Bonchev–Trinajstić information content (AvgIpc) is 2.59. The van der Waals surface area contributed by atoms with Crippen molar-refractivity contribution in [1.29, 1.82) is 0 Å². The van der Waals surface area contributed by atoms with Gasteiger partial charge >= 0.3 is 0 Å². The zero-order valence-corrected chi connectivity index (χ0v) is 12.1. The van der Waals surface area contributed by atoms with Crippen LogP contribution in [0.3, 0.4) is 0 Å². The van der Waals surface area contributed by atoms with E-state index in [9.17, 15) is 5.11 Å². The van der Waals surface area contributed by atoms with Crippen molar-refractivity contribution in [2.45, 2.75) is 78.5 Å². The normalized spacial score (nSPS) is 43.6. The summed E-state index contributed by atoms with van der Waals surface area (Å²) >= 11 is 0. The highest BCUT2D eigenvalue weighted by Crippen LogP contribution is 2.65. The number of aliphatic hydroxyl groups excluding tert-OH is 1. The Bertz CT molecular complexity index is 285. The maximum atomic E-state index is 10.7. The first-order valence-electron chi connectivity index (χ1n) is 7.32. The first kappa shape index (κ1) is 13.4. The molecular weight excluding hydrogens is 210 g/mol. The summed E-state index contributed by atoms with van der Waals surface area (Å²) in [5.41, 5.74) is 0.386. The van der Waals surface area contributed by atoms with Crippen LogP contribution in [0.1, 0.15) is 60.3 Å². The lowest BCUT2D eigenvalue weighted by Crippen LogP contribution is -2.50. The highest BCUT2D eigenvalue weighted by Gasteiger charge is 2.65. The minimum atomic E-state index is -0.170. The van der Waals surface area contributed by atoms with Crippen LogP contribution in [-0.2, 0) is 0 Å². The van der Waals surface area contributed by atoms with Gasteiger partial charge in [-0.15, -0.1) is 0 Å². The number of nitrogens with one attached hydrogen (secondary N) is 1. The van der Waals surface area contributed by atoms with Gasteiger partial charge in [0.1, 0.15) is 0 Å². The molecule has 0 aromatic heterocycles. The fraction of sp³-hybridized carbons (Fsp3) is 1.00. The summed E-state index contributed by atoms with van der Waals surface area (Å²) < 4.78 is 0. The van der Waals surface area contributed by atoms with Crippen molar-refractivity contribution >= 4 is 0 Å². The Labute approximate surface area is 106 Å². The molecule has 2 N–H and O–H groups in total. The Hall–Kier alpha value is -0.0800. The minimum Gasteiger partial charge on any atom is -0.391 e. The standard InChI is InChI=1S/C15H29NO/c1-6-10(7-2)16-12-11-8-9-15(5,13(12)17)14(11,3)4/h10-13,16-17H,6-9H2,1-5H3/t11-,12+,13+,15+/m1/s1. The van der Waals surface area contributed by atoms with E-state index in [0.717, 1.165) is 12.8 Å². The van der Waals surface area contributed by atoms with E-state index in [1.54, 1.807) is 0 Å².